The number of benzene rings is 1. The zero-order valence-electron chi connectivity index (χ0n) is 12.2. The van der Waals surface area contributed by atoms with E-state index in [2.05, 4.69) is 0 Å². The Balaban J connectivity index is 0.000000362. The van der Waals surface area contributed by atoms with Crippen molar-refractivity contribution >= 4 is 11.9 Å². The molecule has 0 saturated carbocycles. The molecule has 0 radical (unpaired) electrons. The number of carbonyl (C=O) groups is 2. The summed E-state index contributed by atoms with van der Waals surface area (Å²) >= 11 is 0. The lowest BCUT2D eigenvalue weighted by Crippen LogP contribution is -2.21. The Hall–Kier alpha value is -1.84. The van der Waals surface area contributed by atoms with Crippen LogP contribution >= 0.6 is 0 Å². The van der Waals surface area contributed by atoms with Crippen molar-refractivity contribution in [1.29, 1.82) is 0 Å². The van der Waals surface area contributed by atoms with E-state index in [1.165, 1.54) is 13.8 Å². The van der Waals surface area contributed by atoms with E-state index in [9.17, 15) is 9.59 Å². The first-order valence-electron chi connectivity index (χ1n) is 6.07. The molecule has 0 spiro atoms. The maximum absolute atomic E-state index is 10.4. The van der Waals surface area contributed by atoms with Crippen LogP contribution in [-0.2, 0) is 25.7 Å². The van der Waals surface area contributed by atoms with Crippen molar-refractivity contribution < 1.29 is 19.1 Å². The van der Waals surface area contributed by atoms with Gasteiger partial charge >= 0.3 is 11.9 Å². The Labute approximate surface area is 114 Å². The Bertz CT molecular complexity index is 390. The fourth-order valence-electron chi connectivity index (χ4n) is 1.19. The van der Waals surface area contributed by atoms with Crippen LogP contribution in [0.25, 0.3) is 0 Å². The maximum Gasteiger partial charge on any atom is 0.303 e. The molecular weight excluding hydrogens is 244 g/mol. The van der Waals surface area contributed by atoms with Gasteiger partial charge in [-0.1, -0.05) is 30.3 Å². The highest BCUT2D eigenvalue weighted by atomic mass is 16.6. The first-order valence-corrected chi connectivity index (χ1v) is 6.07. The number of hydrogen-bond donors (Lipinski definition) is 0. The summed E-state index contributed by atoms with van der Waals surface area (Å²) < 4.78 is 9.59. The Morgan fingerprint density at radius 2 is 1.53 bits per heavy atom. The van der Waals surface area contributed by atoms with E-state index < -0.39 is 0 Å². The van der Waals surface area contributed by atoms with Gasteiger partial charge < -0.3 is 9.47 Å². The molecule has 4 nitrogen and oxygen atoms in total. The van der Waals surface area contributed by atoms with Gasteiger partial charge in [0, 0.05) is 13.8 Å². The summed E-state index contributed by atoms with van der Waals surface area (Å²) in [6.45, 7) is 8.71. The van der Waals surface area contributed by atoms with Gasteiger partial charge in [-0.15, -0.1) is 0 Å². The van der Waals surface area contributed by atoms with Crippen LogP contribution < -0.4 is 0 Å². The van der Waals surface area contributed by atoms with E-state index in [0.29, 0.717) is 6.61 Å². The summed E-state index contributed by atoms with van der Waals surface area (Å²) in [5.74, 6) is -0.466. The summed E-state index contributed by atoms with van der Waals surface area (Å²) in [6, 6.07) is 9.60. The van der Waals surface area contributed by atoms with Crippen LogP contribution in [0.1, 0.15) is 40.2 Å². The monoisotopic (exact) mass is 266 g/mol. The normalized spacial score (nSPS) is 9.95. The molecule has 0 N–H and O–H groups in total. The zero-order valence-corrected chi connectivity index (χ0v) is 12.2. The van der Waals surface area contributed by atoms with E-state index >= 15 is 0 Å². The maximum atomic E-state index is 10.4. The third kappa shape index (κ3) is 12.4. The molecular formula is C15H22O4. The van der Waals surface area contributed by atoms with Crippen molar-refractivity contribution in [2.75, 3.05) is 0 Å². The number of ether oxygens (including phenoxy) is 2. The molecule has 0 aliphatic heterocycles. The van der Waals surface area contributed by atoms with Gasteiger partial charge in [0.2, 0.25) is 0 Å². The van der Waals surface area contributed by atoms with E-state index in [1.807, 2.05) is 51.1 Å². The van der Waals surface area contributed by atoms with Crippen molar-refractivity contribution in [2.45, 2.75) is 46.8 Å². The lowest BCUT2D eigenvalue weighted by molar-refractivity contribution is -0.152. The molecule has 0 saturated heterocycles. The molecule has 0 heterocycles. The van der Waals surface area contributed by atoms with Gasteiger partial charge in [0.1, 0.15) is 12.2 Å². The molecule has 0 aromatic heterocycles. The summed E-state index contributed by atoms with van der Waals surface area (Å²) in [4.78, 5) is 20.6. The molecule has 0 atom stereocenters. The van der Waals surface area contributed by atoms with Gasteiger partial charge in [0.25, 0.3) is 0 Å². The van der Waals surface area contributed by atoms with Crippen molar-refractivity contribution in [3.63, 3.8) is 0 Å². The van der Waals surface area contributed by atoms with Gasteiger partial charge in [-0.05, 0) is 26.3 Å². The highest BCUT2D eigenvalue weighted by Crippen LogP contribution is 2.05. The highest BCUT2D eigenvalue weighted by molar-refractivity contribution is 5.66. The largest absolute Gasteiger partial charge is 0.461 e. The van der Waals surface area contributed by atoms with Gasteiger partial charge in [0.05, 0.1) is 0 Å². The third-order valence-corrected chi connectivity index (χ3v) is 1.73. The summed E-state index contributed by atoms with van der Waals surface area (Å²) in [5.41, 5.74) is 0.689. The minimum atomic E-state index is -0.328. The van der Waals surface area contributed by atoms with Gasteiger partial charge in [-0.3, -0.25) is 9.59 Å². The predicted octanol–water partition coefficient (Wildman–Crippen LogP) is 3.10. The lowest BCUT2D eigenvalue weighted by atomic mass is 10.2. The molecule has 0 amide bonds. The number of esters is 2. The minimum Gasteiger partial charge on any atom is -0.461 e. The Morgan fingerprint density at radius 1 is 1.00 bits per heavy atom. The molecule has 0 fully saturated rings. The van der Waals surface area contributed by atoms with E-state index in [-0.39, 0.29) is 17.5 Å². The third-order valence-electron chi connectivity index (χ3n) is 1.73. The van der Waals surface area contributed by atoms with Crippen LogP contribution in [0.3, 0.4) is 0 Å². The van der Waals surface area contributed by atoms with E-state index in [0.717, 1.165) is 5.56 Å². The van der Waals surface area contributed by atoms with Crippen LogP contribution in [0.2, 0.25) is 0 Å². The molecule has 19 heavy (non-hydrogen) atoms. The first-order chi connectivity index (χ1) is 8.70. The average Bonchev–Trinajstić information content (AvgIpc) is 2.25. The summed E-state index contributed by atoms with van der Waals surface area (Å²) in [6.07, 6.45) is 0. The van der Waals surface area contributed by atoms with Crippen molar-refractivity contribution in [3.8, 4) is 0 Å². The van der Waals surface area contributed by atoms with Crippen LogP contribution in [-0.4, -0.2) is 17.5 Å². The van der Waals surface area contributed by atoms with E-state index in [1.54, 1.807) is 0 Å². The minimum absolute atomic E-state index is 0.225. The topological polar surface area (TPSA) is 52.6 Å². The highest BCUT2D eigenvalue weighted by Gasteiger charge is 2.11. The van der Waals surface area contributed by atoms with Crippen LogP contribution in [0.15, 0.2) is 30.3 Å². The molecule has 0 bridgehead atoms. The smallest absolute Gasteiger partial charge is 0.303 e. The second kappa shape index (κ2) is 8.29. The predicted molar refractivity (Wildman–Crippen MR) is 73.4 cm³/mol. The average molecular weight is 266 g/mol. The first kappa shape index (κ1) is 17.2. The quantitative estimate of drug-likeness (QED) is 0.772. The fraction of sp³-hybridized carbons (Fsp3) is 0.467. The second-order valence-corrected chi connectivity index (χ2v) is 4.97. The molecule has 106 valence electrons. The lowest BCUT2D eigenvalue weighted by Gasteiger charge is -2.17. The molecule has 1 rings (SSSR count). The van der Waals surface area contributed by atoms with Crippen LogP contribution in [0, 0.1) is 0 Å². The van der Waals surface area contributed by atoms with Crippen molar-refractivity contribution in [2.24, 2.45) is 0 Å². The van der Waals surface area contributed by atoms with Crippen molar-refractivity contribution in [1.82, 2.24) is 0 Å². The Kier molecular flexibility index (Phi) is 7.49. The van der Waals surface area contributed by atoms with Crippen LogP contribution in [0.5, 0.6) is 0 Å². The molecule has 0 unspecified atom stereocenters. The van der Waals surface area contributed by atoms with Gasteiger partial charge in [0.15, 0.2) is 0 Å². The van der Waals surface area contributed by atoms with Crippen molar-refractivity contribution in [3.05, 3.63) is 35.9 Å². The summed E-state index contributed by atoms with van der Waals surface area (Å²) in [7, 11) is 0. The SMILES string of the molecule is CC(=O)OC(C)(C)C.CC(=O)OCc1ccccc1. The second-order valence-electron chi connectivity index (χ2n) is 4.97. The molecule has 1 aromatic rings. The number of hydrogen-bond acceptors (Lipinski definition) is 4. The molecule has 0 aliphatic rings. The molecule has 0 aliphatic carbocycles. The Morgan fingerprint density at radius 3 is 1.84 bits per heavy atom. The molecule has 1 aromatic carbocycles. The number of rotatable bonds is 2. The van der Waals surface area contributed by atoms with Gasteiger partial charge in [-0.2, -0.15) is 0 Å². The van der Waals surface area contributed by atoms with E-state index in [4.69, 9.17) is 9.47 Å². The molecule has 4 heteroatoms. The van der Waals surface area contributed by atoms with Crippen LogP contribution in [0.4, 0.5) is 0 Å². The number of carbonyl (C=O) groups excluding carboxylic acids is 2. The van der Waals surface area contributed by atoms with Gasteiger partial charge in [-0.25, -0.2) is 0 Å². The zero-order chi connectivity index (χ0) is 14.9. The summed E-state index contributed by atoms with van der Waals surface area (Å²) in [5, 5.41) is 0. The fourth-order valence-corrected chi connectivity index (χ4v) is 1.19. The standard InChI is InChI=1S/C9H10O2.C6H12O2/c1-8(10)11-7-9-5-3-2-4-6-9;1-5(7)8-6(2,3)4/h2-6H,7H2,1H3;1-4H3.